The summed E-state index contributed by atoms with van der Waals surface area (Å²) in [6.45, 7) is 7.84. The van der Waals surface area contributed by atoms with Gasteiger partial charge in [0.1, 0.15) is 5.75 Å². The van der Waals surface area contributed by atoms with Crippen LogP contribution in [0.5, 0.6) is 5.75 Å². The Bertz CT molecular complexity index is 481. The van der Waals surface area contributed by atoms with Crippen LogP contribution in [0, 0.1) is 0 Å². The van der Waals surface area contributed by atoms with Crippen molar-refractivity contribution in [1.82, 2.24) is 0 Å². The molecular formula is C14H23NO3S. The summed E-state index contributed by atoms with van der Waals surface area (Å²) >= 11 is 0. The van der Waals surface area contributed by atoms with Crippen molar-refractivity contribution in [2.24, 2.45) is 0 Å². The minimum absolute atomic E-state index is 0.0684. The molecule has 108 valence electrons. The lowest BCUT2D eigenvalue weighted by Crippen LogP contribution is -2.21. The molecule has 1 aromatic carbocycles. The first-order valence-electron chi connectivity index (χ1n) is 6.79. The molecule has 0 saturated heterocycles. The van der Waals surface area contributed by atoms with E-state index in [1.165, 1.54) is 0 Å². The predicted octanol–water partition coefficient (Wildman–Crippen LogP) is 3.04. The van der Waals surface area contributed by atoms with Crippen molar-refractivity contribution in [3.05, 3.63) is 24.3 Å². The van der Waals surface area contributed by atoms with Gasteiger partial charge in [0.2, 0.25) is 0 Å². The van der Waals surface area contributed by atoms with Crippen molar-refractivity contribution >= 4 is 15.8 Å². The average molecular weight is 285 g/mol. The normalized spacial score (nSPS) is 11.3. The molecule has 0 N–H and O–H groups in total. The van der Waals surface area contributed by atoms with E-state index < -0.39 is 10.1 Å². The molecule has 0 bridgehead atoms. The number of rotatable bonds is 8. The van der Waals surface area contributed by atoms with Crippen molar-refractivity contribution in [3.63, 3.8) is 0 Å². The lowest BCUT2D eigenvalue weighted by Gasteiger charge is -2.21. The Kier molecular flexibility index (Phi) is 6.15. The smallest absolute Gasteiger partial charge is 0.309 e. The van der Waals surface area contributed by atoms with Crippen molar-refractivity contribution in [2.75, 3.05) is 23.7 Å². The minimum atomic E-state index is -3.47. The van der Waals surface area contributed by atoms with E-state index in [9.17, 15) is 8.42 Å². The van der Waals surface area contributed by atoms with Crippen LogP contribution in [0.3, 0.4) is 0 Å². The standard InChI is InChI=1S/C14H23NO3S/c1-4-7-11-19(16,17)18-14-10-8-9-13(12-14)15(5-2)6-3/h8-10,12H,4-7,11H2,1-3H3. The summed E-state index contributed by atoms with van der Waals surface area (Å²) in [5.41, 5.74) is 0.980. The highest BCUT2D eigenvalue weighted by Crippen LogP contribution is 2.22. The Morgan fingerprint density at radius 1 is 1.16 bits per heavy atom. The molecule has 5 heteroatoms. The molecule has 0 unspecified atom stereocenters. The molecule has 19 heavy (non-hydrogen) atoms. The van der Waals surface area contributed by atoms with Gasteiger partial charge in [-0.2, -0.15) is 8.42 Å². The average Bonchev–Trinajstić information content (AvgIpc) is 2.38. The summed E-state index contributed by atoms with van der Waals surface area (Å²) < 4.78 is 28.6. The third kappa shape index (κ3) is 5.11. The summed E-state index contributed by atoms with van der Waals surface area (Å²) in [6.07, 6.45) is 1.46. The Labute approximate surface area is 116 Å². The molecule has 0 atom stereocenters. The summed E-state index contributed by atoms with van der Waals surface area (Å²) in [4.78, 5) is 2.14. The van der Waals surface area contributed by atoms with E-state index in [-0.39, 0.29) is 5.75 Å². The van der Waals surface area contributed by atoms with Gasteiger partial charge in [0, 0.05) is 24.8 Å². The van der Waals surface area contributed by atoms with Gasteiger partial charge in [-0.25, -0.2) is 0 Å². The molecule has 0 amide bonds. The highest BCUT2D eigenvalue weighted by Gasteiger charge is 2.13. The van der Waals surface area contributed by atoms with Crippen molar-refractivity contribution in [2.45, 2.75) is 33.6 Å². The zero-order valence-electron chi connectivity index (χ0n) is 11.9. The van der Waals surface area contributed by atoms with Gasteiger partial charge >= 0.3 is 10.1 Å². The van der Waals surface area contributed by atoms with E-state index in [0.29, 0.717) is 12.2 Å². The van der Waals surface area contributed by atoms with E-state index in [1.54, 1.807) is 12.1 Å². The first kappa shape index (κ1) is 15.8. The van der Waals surface area contributed by atoms with Gasteiger partial charge in [0.05, 0.1) is 5.75 Å². The molecule has 4 nitrogen and oxygen atoms in total. The van der Waals surface area contributed by atoms with Crippen LogP contribution in [0.2, 0.25) is 0 Å². The minimum Gasteiger partial charge on any atom is -0.382 e. The molecule has 0 aliphatic carbocycles. The third-order valence-electron chi connectivity index (χ3n) is 2.92. The molecule has 0 saturated carbocycles. The number of unbranched alkanes of at least 4 members (excludes halogenated alkanes) is 1. The molecule has 0 heterocycles. The lowest BCUT2D eigenvalue weighted by molar-refractivity contribution is 0.483. The molecule has 0 aliphatic heterocycles. The summed E-state index contributed by atoms with van der Waals surface area (Å²) in [6, 6.07) is 7.23. The van der Waals surface area contributed by atoms with Gasteiger partial charge in [0.15, 0.2) is 0 Å². The van der Waals surface area contributed by atoms with Gasteiger partial charge in [-0.3, -0.25) is 0 Å². The van der Waals surface area contributed by atoms with Crippen LogP contribution in [-0.4, -0.2) is 27.3 Å². The monoisotopic (exact) mass is 285 g/mol. The second kappa shape index (κ2) is 7.38. The maximum Gasteiger partial charge on any atom is 0.309 e. The molecular weight excluding hydrogens is 262 g/mol. The van der Waals surface area contributed by atoms with E-state index >= 15 is 0 Å². The van der Waals surface area contributed by atoms with Crippen molar-refractivity contribution in [1.29, 1.82) is 0 Å². The van der Waals surface area contributed by atoms with Crippen molar-refractivity contribution in [3.8, 4) is 5.75 Å². The van der Waals surface area contributed by atoms with Gasteiger partial charge in [0.25, 0.3) is 0 Å². The summed E-state index contributed by atoms with van der Waals surface area (Å²) in [5, 5.41) is 0. The molecule has 0 fully saturated rings. The first-order chi connectivity index (χ1) is 9.02. The highest BCUT2D eigenvalue weighted by molar-refractivity contribution is 7.87. The SMILES string of the molecule is CCCCS(=O)(=O)Oc1cccc(N(CC)CC)c1. The molecule has 0 spiro atoms. The zero-order valence-corrected chi connectivity index (χ0v) is 12.7. The third-order valence-corrected chi connectivity index (χ3v) is 4.15. The Hall–Kier alpha value is -1.23. The van der Waals surface area contributed by atoms with E-state index in [4.69, 9.17) is 4.18 Å². The number of anilines is 1. The van der Waals surface area contributed by atoms with Crippen LogP contribution in [0.4, 0.5) is 5.69 Å². The van der Waals surface area contributed by atoms with E-state index in [2.05, 4.69) is 18.7 Å². The highest BCUT2D eigenvalue weighted by atomic mass is 32.2. The second-order valence-electron chi connectivity index (χ2n) is 4.37. The largest absolute Gasteiger partial charge is 0.382 e. The van der Waals surface area contributed by atoms with Crippen LogP contribution in [-0.2, 0) is 10.1 Å². The second-order valence-corrected chi connectivity index (χ2v) is 6.06. The van der Waals surface area contributed by atoms with Crippen LogP contribution >= 0.6 is 0 Å². The maximum absolute atomic E-state index is 11.7. The molecule has 0 aromatic heterocycles. The van der Waals surface area contributed by atoms with Crippen LogP contribution in [0.25, 0.3) is 0 Å². The molecule has 1 aromatic rings. The Balaban J connectivity index is 2.82. The van der Waals surface area contributed by atoms with Gasteiger partial charge in [-0.1, -0.05) is 19.4 Å². The first-order valence-corrected chi connectivity index (χ1v) is 8.37. The summed E-state index contributed by atoms with van der Waals surface area (Å²) in [5.74, 6) is 0.458. The lowest BCUT2D eigenvalue weighted by atomic mass is 10.2. The number of hydrogen-bond acceptors (Lipinski definition) is 4. The Morgan fingerprint density at radius 2 is 1.84 bits per heavy atom. The number of benzene rings is 1. The summed E-state index contributed by atoms with van der Waals surface area (Å²) in [7, 11) is -3.47. The fourth-order valence-electron chi connectivity index (χ4n) is 1.83. The molecule has 0 aliphatic rings. The van der Waals surface area contributed by atoms with Crippen LogP contribution < -0.4 is 9.08 Å². The topological polar surface area (TPSA) is 46.6 Å². The maximum atomic E-state index is 11.7. The van der Waals surface area contributed by atoms with Gasteiger partial charge < -0.3 is 9.08 Å². The quantitative estimate of drug-likeness (QED) is 0.689. The molecule has 0 radical (unpaired) electrons. The van der Waals surface area contributed by atoms with Crippen LogP contribution in [0.15, 0.2) is 24.3 Å². The number of hydrogen-bond donors (Lipinski definition) is 0. The van der Waals surface area contributed by atoms with E-state index in [1.807, 2.05) is 19.1 Å². The predicted molar refractivity (Wildman–Crippen MR) is 79.3 cm³/mol. The molecule has 1 rings (SSSR count). The van der Waals surface area contributed by atoms with E-state index in [0.717, 1.165) is 25.2 Å². The number of nitrogens with zero attached hydrogens (tertiary/aromatic N) is 1. The Morgan fingerprint density at radius 3 is 2.42 bits per heavy atom. The fraction of sp³-hybridized carbons (Fsp3) is 0.571. The van der Waals surface area contributed by atoms with Gasteiger partial charge in [-0.05, 0) is 32.4 Å². The van der Waals surface area contributed by atoms with Crippen molar-refractivity contribution < 1.29 is 12.6 Å². The van der Waals surface area contributed by atoms with Crippen LogP contribution in [0.1, 0.15) is 33.6 Å². The fourth-order valence-corrected chi connectivity index (χ4v) is 2.95. The van der Waals surface area contributed by atoms with Gasteiger partial charge in [-0.15, -0.1) is 0 Å². The zero-order chi connectivity index (χ0) is 14.3.